The smallest absolute Gasteiger partial charge is 0.266 e. The number of nitrogens with one attached hydrogen (secondary N) is 2. The highest BCUT2D eigenvalue weighted by molar-refractivity contribution is 6.36. The number of hydrogen-bond acceptors (Lipinski definition) is 7. The zero-order chi connectivity index (χ0) is 36.8. The summed E-state index contributed by atoms with van der Waals surface area (Å²) in [6.45, 7) is 13.5. The van der Waals surface area contributed by atoms with Gasteiger partial charge in [-0.25, -0.2) is 4.98 Å². The van der Waals surface area contributed by atoms with Crippen molar-refractivity contribution in [2.45, 2.75) is 65.0 Å². The summed E-state index contributed by atoms with van der Waals surface area (Å²) < 4.78 is 5.96. The molecular formula is C40H47ClN6O4. The number of hydrogen-bond donors (Lipinski definition) is 2. The highest BCUT2D eigenvalue weighted by Crippen LogP contribution is 2.46. The molecule has 0 saturated carbocycles. The number of aromatic nitrogens is 1. The van der Waals surface area contributed by atoms with Gasteiger partial charge in [0.1, 0.15) is 11.4 Å². The lowest BCUT2D eigenvalue weighted by Gasteiger charge is -2.32. The number of ether oxygens (including phenoxy) is 1. The van der Waals surface area contributed by atoms with Crippen LogP contribution in [-0.2, 0) is 20.8 Å². The number of fused-ring (bicyclic) bond motifs is 1. The second-order valence-corrected chi connectivity index (χ2v) is 14.6. The molecule has 2 N–H and O–H groups in total. The normalized spacial score (nSPS) is 20.5. The Balaban J connectivity index is 1.28. The summed E-state index contributed by atoms with van der Waals surface area (Å²) in [4.78, 5) is 49.3. The molecule has 0 radical (unpaired) electrons. The largest absolute Gasteiger partial charge is 0.481 e. The Labute approximate surface area is 305 Å². The van der Waals surface area contributed by atoms with Crippen molar-refractivity contribution in [3.05, 3.63) is 88.4 Å². The number of halogens is 1. The topological polar surface area (TPSA) is 107 Å². The maximum atomic E-state index is 13.3. The number of anilines is 1. The van der Waals surface area contributed by atoms with E-state index in [9.17, 15) is 14.4 Å². The number of carbonyl (C=O) groups excluding carboxylic acids is 3. The van der Waals surface area contributed by atoms with E-state index in [2.05, 4.69) is 35.1 Å². The van der Waals surface area contributed by atoms with Crippen LogP contribution in [0.3, 0.4) is 0 Å². The molecule has 1 saturated heterocycles. The van der Waals surface area contributed by atoms with Crippen LogP contribution in [0.4, 0.5) is 5.69 Å². The number of amides is 3. The molecule has 0 spiro atoms. The first kappa shape index (κ1) is 36.1. The average molecular weight is 711 g/mol. The van der Waals surface area contributed by atoms with E-state index in [4.69, 9.17) is 21.3 Å². The summed E-state index contributed by atoms with van der Waals surface area (Å²) in [6.07, 6.45) is 5.12. The molecule has 11 heteroatoms. The lowest BCUT2D eigenvalue weighted by Crippen LogP contribution is -2.51. The molecule has 1 aromatic heterocycles. The van der Waals surface area contributed by atoms with Gasteiger partial charge in [0.15, 0.2) is 0 Å². The third-order valence-corrected chi connectivity index (χ3v) is 11.2. The van der Waals surface area contributed by atoms with E-state index < -0.39 is 11.8 Å². The molecule has 3 aromatic rings. The zero-order valence-electron chi connectivity index (χ0n) is 30.5. The number of rotatable bonds is 9. The predicted molar refractivity (Wildman–Crippen MR) is 201 cm³/mol. The Hall–Kier alpha value is -4.67. The molecule has 2 unspecified atom stereocenters. The molecule has 0 bridgehead atoms. The van der Waals surface area contributed by atoms with E-state index in [1.165, 1.54) is 16.7 Å². The van der Waals surface area contributed by atoms with Crippen LogP contribution in [0.5, 0.6) is 5.88 Å². The highest BCUT2D eigenvalue weighted by Gasteiger charge is 2.43. The lowest BCUT2D eigenvalue weighted by molar-refractivity contribution is -0.128. The molecule has 3 aliphatic rings. The van der Waals surface area contributed by atoms with Crippen molar-refractivity contribution in [2.75, 3.05) is 39.6 Å². The van der Waals surface area contributed by atoms with Gasteiger partial charge in [-0.1, -0.05) is 69.3 Å². The van der Waals surface area contributed by atoms with Crippen LogP contribution in [0, 0.1) is 12.8 Å². The van der Waals surface area contributed by atoms with Gasteiger partial charge < -0.3 is 20.3 Å². The minimum Gasteiger partial charge on any atom is -0.481 e. The minimum atomic E-state index is -0.506. The maximum Gasteiger partial charge on any atom is 0.266 e. The van der Waals surface area contributed by atoms with Crippen LogP contribution < -0.4 is 15.4 Å². The summed E-state index contributed by atoms with van der Waals surface area (Å²) >= 11 is 7.20. The first-order valence-corrected chi connectivity index (χ1v) is 17.9. The molecule has 51 heavy (non-hydrogen) atoms. The van der Waals surface area contributed by atoms with Gasteiger partial charge in [-0.2, -0.15) is 0 Å². The van der Waals surface area contributed by atoms with Gasteiger partial charge in [-0.3, -0.25) is 24.2 Å². The van der Waals surface area contributed by atoms with E-state index in [0.717, 1.165) is 72.3 Å². The Morgan fingerprint density at radius 3 is 2.55 bits per heavy atom. The zero-order valence-corrected chi connectivity index (χ0v) is 31.3. The molecule has 1 fully saturated rings. The number of aryl methyl sites for hydroxylation is 1. The van der Waals surface area contributed by atoms with Crippen molar-refractivity contribution < 1.29 is 19.1 Å². The lowest BCUT2D eigenvalue weighted by atomic mass is 9.94. The molecule has 3 heterocycles. The van der Waals surface area contributed by atoms with Crippen LogP contribution >= 0.6 is 11.6 Å². The van der Waals surface area contributed by atoms with E-state index in [1.54, 1.807) is 32.2 Å². The summed E-state index contributed by atoms with van der Waals surface area (Å²) in [5.74, 6) is 0.194. The Bertz CT molecular complexity index is 1960. The molecule has 10 nitrogen and oxygen atoms in total. The van der Waals surface area contributed by atoms with Crippen LogP contribution in [0.2, 0.25) is 5.02 Å². The van der Waals surface area contributed by atoms with Crippen LogP contribution in [0.25, 0.3) is 22.4 Å². The van der Waals surface area contributed by atoms with Crippen molar-refractivity contribution in [1.29, 1.82) is 0 Å². The Morgan fingerprint density at radius 2 is 1.84 bits per heavy atom. The molecule has 268 valence electrons. The van der Waals surface area contributed by atoms with E-state index in [1.807, 2.05) is 51.1 Å². The van der Waals surface area contributed by atoms with Crippen molar-refractivity contribution in [2.24, 2.45) is 5.92 Å². The molecule has 2 aromatic carbocycles. The second-order valence-electron chi connectivity index (χ2n) is 14.2. The summed E-state index contributed by atoms with van der Waals surface area (Å²) in [7, 11) is 4.99. The Kier molecular flexibility index (Phi) is 10.0. The molecule has 3 amide bonds. The Morgan fingerprint density at radius 1 is 1.14 bits per heavy atom. The van der Waals surface area contributed by atoms with Gasteiger partial charge >= 0.3 is 0 Å². The van der Waals surface area contributed by atoms with Crippen molar-refractivity contribution in [1.82, 2.24) is 25.0 Å². The highest BCUT2D eigenvalue weighted by atomic mass is 35.5. The van der Waals surface area contributed by atoms with E-state index >= 15 is 0 Å². The number of likely N-dealkylation sites (tertiary alicyclic amines) is 1. The molecule has 1 aliphatic carbocycles. The van der Waals surface area contributed by atoms with Crippen LogP contribution in [0.1, 0.15) is 62.8 Å². The quantitative estimate of drug-likeness (QED) is 0.238. The fourth-order valence-electron chi connectivity index (χ4n) is 7.50. The standard InChI is InChI=1S/C40H47ClN6O4/c1-9-40(44-36(48)23(2)3)18-19-47(22-40)33-17-16-26-20-32(43-38(51-8)34(26)33)29-14-10-13-28(35(29)41)27-12-11-15-31(24(27)4)42-37(49)30-21-45(6)25(5)46(7)39(30)50/h10-15,20-21,23,33H,5,9,16-19,22H2,1-4,6-8H3,(H,42,49)(H,44,48). The van der Waals surface area contributed by atoms with E-state index in [-0.39, 0.29) is 29.0 Å². The van der Waals surface area contributed by atoms with Crippen molar-refractivity contribution in [3.8, 4) is 28.3 Å². The van der Waals surface area contributed by atoms with Gasteiger partial charge in [0.25, 0.3) is 11.8 Å². The van der Waals surface area contributed by atoms with Gasteiger partial charge in [0.2, 0.25) is 11.8 Å². The van der Waals surface area contributed by atoms with Gasteiger partial charge in [-0.15, -0.1) is 0 Å². The maximum absolute atomic E-state index is 13.3. The van der Waals surface area contributed by atoms with Crippen molar-refractivity contribution in [3.63, 3.8) is 0 Å². The number of carbonyl (C=O) groups is 3. The second kappa shape index (κ2) is 14.2. The third-order valence-electron chi connectivity index (χ3n) is 10.8. The molecule has 2 atom stereocenters. The molecular weight excluding hydrogens is 664 g/mol. The SMILES string of the molecule is C=C1N(C)C=C(C(=O)Nc2cccc(-c3cccc(-c4cc5c(c(OC)n4)C(N4CCC(CC)(NC(=O)C(C)C)C4)CC5)c3Cl)c2C)C(=O)N1C. The number of benzene rings is 2. The van der Waals surface area contributed by atoms with Crippen LogP contribution in [0.15, 0.2) is 66.6 Å². The van der Waals surface area contributed by atoms with Gasteiger partial charge in [0.05, 0.1) is 23.4 Å². The van der Waals surface area contributed by atoms with E-state index in [0.29, 0.717) is 22.4 Å². The monoisotopic (exact) mass is 710 g/mol. The predicted octanol–water partition coefficient (Wildman–Crippen LogP) is 6.70. The van der Waals surface area contributed by atoms with Gasteiger partial charge in [0, 0.05) is 67.7 Å². The molecule has 2 aliphatic heterocycles. The summed E-state index contributed by atoms with van der Waals surface area (Å²) in [5.41, 5.74) is 6.61. The number of likely N-dealkylation sites (N-methyl/N-ethyl adjacent to an activating group) is 1. The first-order chi connectivity index (χ1) is 24.3. The first-order valence-electron chi connectivity index (χ1n) is 17.5. The fourth-order valence-corrected chi connectivity index (χ4v) is 7.82. The average Bonchev–Trinajstić information content (AvgIpc) is 3.74. The fraction of sp³-hybridized carbons (Fsp3) is 0.400. The van der Waals surface area contributed by atoms with Gasteiger partial charge in [-0.05, 0) is 61.4 Å². The third kappa shape index (κ3) is 6.63. The summed E-state index contributed by atoms with van der Waals surface area (Å²) in [6, 6.07) is 13.8. The van der Waals surface area contributed by atoms with Crippen molar-refractivity contribution >= 4 is 35.0 Å². The van der Waals surface area contributed by atoms with Crippen LogP contribution in [-0.4, -0.2) is 77.2 Å². The number of nitrogens with zero attached hydrogens (tertiary/aromatic N) is 4. The minimum absolute atomic E-state index is 0.0171. The number of pyridine rings is 1. The number of methoxy groups -OCH3 is 1. The summed E-state index contributed by atoms with van der Waals surface area (Å²) in [5, 5.41) is 6.82. The molecule has 6 rings (SSSR count).